The van der Waals surface area contributed by atoms with Gasteiger partial charge in [0.2, 0.25) is 15.9 Å². The first-order chi connectivity index (χ1) is 16.0. The van der Waals surface area contributed by atoms with Crippen molar-refractivity contribution in [2.75, 3.05) is 31.5 Å². The number of carbonyl (C=O) groups excluding carboxylic acids is 1. The maximum Gasteiger partial charge on any atom is 0.238 e. The molecular weight excluding hydrogens is 453 g/mol. The SMILES string of the molecule is Cc1ccc(F)cc1NC(=O)CN1CCC2(CC1)CN(S(=O)(=O)Cc1ccccc1)C(C)(C)C2. The zero-order valence-corrected chi connectivity index (χ0v) is 21.0. The van der Waals surface area contributed by atoms with E-state index in [9.17, 15) is 17.6 Å². The van der Waals surface area contributed by atoms with E-state index in [1.165, 1.54) is 12.1 Å². The molecule has 4 rings (SSSR count). The normalized spacial score (nSPS) is 20.5. The molecule has 2 aliphatic heterocycles. The van der Waals surface area contributed by atoms with Crippen LogP contribution in [0.3, 0.4) is 0 Å². The molecule has 0 atom stereocenters. The predicted octanol–water partition coefficient (Wildman–Crippen LogP) is 4.17. The molecule has 2 aromatic carbocycles. The van der Waals surface area contributed by atoms with Gasteiger partial charge in [0.05, 0.1) is 12.3 Å². The third-order valence-corrected chi connectivity index (χ3v) is 9.24. The first kappa shape index (κ1) is 24.8. The van der Waals surface area contributed by atoms with Gasteiger partial charge < -0.3 is 5.32 Å². The molecule has 2 heterocycles. The highest BCUT2D eigenvalue weighted by molar-refractivity contribution is 7.88. The molecule has 34 heavy (non-hydrogen) atoms. The van der Waals surface area contributed by atoms with Crippen LogP contribution in [-0.2, 0) is 20.6 Å². The topological polar surface area (TPSA) is 69.7 Å². The smallest absolute Gasteiger partial charge is 0.238 e. The summed E-state index contributed by atoms with van der Waals surface area (Å²) >= 11 is 0. The van der Waals surface area contributed by atoms with Crippen LogP contribution < -0.4 is 5.32 Å². The number of rotatable bonds is 6. The van der Waals surface area contributed by atoms with E-state index >= 15 is 0 Å². The maximum absolute atomic E-state index is 13.5. The Morgan fingerprint density at radius 1 is 1.09 bits per heavy atom. The summed E-state index contributed by atoms with van der Waals surface area (Å²) in [7, 11) is -3.45. The van der Waals surface area contributed by atoms with Crippen molar-refractivity contribution in [3.8, 4) is 0 Å². The van der Waals surface area contributed by atoms with Crippen LogP contribution in [0.15, 0.2) is 48.5 Å². The van der Waals surface area contributed by atoms with Crippen LogP contribution in [0.2, 0.25) is 0 Å². The molecule has 0 radical (unpaired) electrons. The number of hydrogen-bond acceptors (Lipinski definition) is 4. The summed E-state index contributed by atoms with van der Waals surface area (Å²) in [5.74, 6) is -0.529. The highest BCUT2D eigenvalue weighted by atomic mass is 32.2. The van der Waals surface area contributed by atoms with Gasteiger partial charge in [0, 0.05) is 17.8 Å². The molecule has 0 aromatic heterocycles. The summed E-state index contributed by atoms with van der Waals surface area (Å²) in [6, 6.07) is 13.7. The Balaban J connectivity index is 1.36. The van der Waals surface area contributed by atoms with Crippen molar-refractivity contribution in [3.63, 3.8) is 0 Å². The Labute approximate surface area is 202 Å². The number of amides is 1. The lowest BCUT2D eigenvalue weighted by atomic mass is 9.74. The Hall–Kier alpha value is -2.29. The van der Waals surface area contributed by atoms with Gasteiger partial charge in [0.25, 0.3) is 0 Å². The average molecular weight is 488 g/mol. The van der Waals surface area contributed by atoms with Crippen molar-refractivity contribution in [3.05, 3.63) is 65.5 Å². The minimum absolute atomic E-state index is 0.0130. The lowest BCUT2D eigenvalue weighted by Crippen LogP contribution is -2.45. The number of nitrogens with zero attached hydrogens (tertiary/aromatic N) is 2. The van der Waals surface area contributed by atoms with Crippen LogP contribution in [0.25, 0.3) is 0 Å². The number of piperidine rings is 1. The molecule has 8 heteroatoms. The molecule has 0 unspecified atom stereocenters. The lowest BCUT2D eigenvalue weighted by Gasteiger charge is -2.39. The largest absolute Gasteiger partial charge is 0.325 e. The van der Waals surface area contributed by atoms with Gasteiger partial charge in [0.15, 0.2) is 0 Å². The van der Waals surface area contributed by atoms with E-state index in [-0.39, 0.29) is 29.4 Å². The van der Waals surface area contributed by atoms with Crippen molar-refractivity contribution < 1.29 is 17.6 Å². The Morgan fingerprint density at radius 2 is 1.76 bits per heavy atom. The zero-order chi connectivity index (χ0) is 24.6. The fourth-order valence-corrected chi connectivity index (χ4v) is 7.62. The van der Waals surface area contributed by atoms with E-state index < -0.39 is 15.6 Å². The molecule has 0 saturated carbocycles. The molecule has 184 valence electrons. The Morgan fingerprint density at radius 3 is 2.44 bits per heavy atom. The van der Waals surface area contributed by atoms with Gasteiger partial charge in [-0.05, 0) is 81.8 Å². The molecule has 6 nitrogen and oxygen atoms in total. The van der Waals surface area contributed by atoms with Crippen LogP contribution in [0.1, 0.15) is 44.2 Å². The second-order valence-corrected chi connectivity index (χ2v) is 12.4. The summed E-state index contributed by atoms with van der Waals surface area (Å²) in [6.07, 6.45) is 2.51. The number of nitrogens with one attached hydrogen (secondary N) is 1. The zero-order valence-electron chi connectivity index (χ0n) is 20.2. The quantitative estimate of drug-likeness (QED) is 0.664. The van der Waals surface area contributed by atoms with Gasteiger partial charge >= 0.3 is 0 Å². The van der Waals surface area contributed by atoms with Gasteiger partial charge in [0.1, 0.15) is 5.82 Å². The first-order valence-electron chi connectivity index (χ1n) is 11.8. The third kappa shape index (κ3) is 5.50. The second-order valence-electron chi connectivity index (χ2n) is 10.5. The Bertz CT molecular complexity index is 1140. The summed E-state index contributed by atoms with van der Waals surface area (Å²) in [6.45, 7) is 8.11. The fourth-order valence-electron chi connectivity index (χ4n) is 5.56. The average Bonchev–Trinajstić information content (AvgIpc) is 3.04. The molecule has 2 aromatic rings. The molecule has 0 bridgehead atoms. The molecule has 2 saturated heterocycles. The van der Waals surface area contributed by atoms with Crippen LogP contribution in [0, 0.1) is 18.2 Å². The number of likely N-dealkylation sites (tertiary alicyclic amines) is 1. The van der Waals surface area contributed by atoms with Crippen molar-refractivity contribution in [2.45, 2.75) is 51.3 Å². The number of hydrogen-bond donors (Lipinski definition) is 1. The molecule has 2 fully saturated rings. The number of anilines is 1. The van der Waals surface area contributed by atoms with Crippen LogP contribution in [0.5, 0.6) is 0 Å². The first-order valence-corrected chi connectivity index (χ1v) is 13.4. The number of sulfonamides is 1. The standard InChI is InChI=1S/C26H34FN3O3S/c1-20-9-10-22(27)15-23(20)28-24(31)16-29-13-11-26(12-14-29)18-25(2,3)30(19-26)34(32,33)17-21-7-5-4-6-8-21/h4-10,15H,11-14,16-19H2,1-3H3,(H,28,31). The summed E-state index contributed by atoms with van der Waals surface area (Å²) < 4.78 is 41.9. The summed E-state index contributed by atoms with van der Waals surface area (Å²) in [5, 5.41) is 2.81. The van der Waals surface area contributed by atoms with E-state index in [0.29, 0.717) is 12.2 Å². The van der Waals surface area contributed by atoms with Crippen LogP contribution in [-0.4, -0.2) is 55.2 Å². The maximum atomic E-state index is 13.5. The van der Waals surface area contributed by atoms with E-state index in [0.717, 1.165) is 43.5 Å². The number of carbonyl (C=O) groups is 1. The molecule has 1 amide bonds. The van der Waals surface area contributed by atoms with Crippen molar-refractivity contribution in [1.29, 1.82) is 0 Å². The van der Waals surface area contributed by atoms with Crippen molar-refractivity contribution in [1.82, 2.24) is 9.21 Å². The molecule has 0 aliphatic carbocycles. The van der Waals surface area contributed by atoms with Crippen LogP contribution in [0.4, 0.5) is 10.1 Å². The van der Waals surface area contributed by atoms with E-state index in [2.05, 4.69) is 10.2 Å². The van der Waals surface area contributed by atoms with Gasteiger partial charge in [-0.2, -0.15) is 4.31 Å². The van der Waals surface area contributed by atoms with Gasteiger partial charge in [-0.25, -0.2) is 12.8 Å². The minimum atomic E-state index is -3.45. The highest BCUT2D eigenvalue weighted by Crippen LogP contribution is 2.49. The molecule has 1 N–H and O–H groups in total. The molecular formula is C26H34FN3O3S. The number of benzene rings is 2. The van der Waals surface area contributed by atoms with Crippen molar-refractivity contribution >= 4 is 21.6 Å². The highest BCUT2D eigenvalue weighted by Gasteiger charge is 2.53. The number of halogens is 1. The lowest BCUT2D eigenvalue weighted by molar-refractivity contribution is -0.117. The molecule has 2 aliphatic rings. The van der Waals surface area contributed by atoms with Gasteiger partial charge in [-0.1, -0.05) is 36.4 Å². The monoisotopic (exact) mass is 487 g/mol. The number of aryl methyl sites for hydroxylation is 1. The van der Waals surface area contributed by atoms with E-state index in [1.807, 2.05) is 51.1 Å². The fraction of sp³-hybridized carbons (Fsp3) is 0.500. The van der Waals surface area contributed by atoms with E-state index in [1.54, 1.807) is 10.4 Å². The van der Waals surface area contributed by atoms with Crippen LogP contribution >= 0.6 is 0 Å². The van der Waals surface area contributed by atoms with Crippen molar-refractivity contribution in [2.24, 2.45) is 5.41 Å². The second kappa shape index (κ2) is 9.40. The van der Waals surface area contributed by atoms with E-state index in [4.69, 9.17) is 0 Å². The summed E-state index contributed by atoms with van der Waals surface area (Å²) in [4.78, 5) is 14.7. The summed E-state index contributed by atoms with van der Waals surface area (Å²) in [5.41, 5.74) is 1.60. The third-order valence-electron chi connectivity index (χ3n) is 7.25. The molecule has 1 spiro atoms. The van der Waals surface area contributed by atoms with Gasteiger partial charge in [-0.15, -0.1) is 0 Å². The predicted molar refractivity (Wildman–Crippen MR) is 132 cm³/mol. The van der Waals surface area contributed by atoms with Gasteiger partial charge in [-0.3, -0.25) is 9.69 Å². The minimum Gasteiger partial charge on any atom is -0.325 e. The Kier molecular flexibility index (Phi) is 6.86.